The maximum absolute atomic E-state index is 12.7. The summed E-state index contributed by atoms with van der Waals surface area (Å²) in [5.74, 6) is -0.259. The molecular formula is C12H17FN2O. The number of halogens is 1. The lowest BCUT2D eigenvalue weighted by molar-refractivity contribution is 0.129. The number of nitrogens with zero attached hydrogens (tertiary/aromatic N) is 1. The van der Waals surface area contributed by atoms with E-state index in [2.05, 4.69) is 5.16 Å². The summed E-state index contributed by atoms with van der Waals surface area (Å²) in [6.07, 6.45) is 0.852. The first-order valence-corrected chi connectivity index (χ1v) is 5.31. The third kappa shape index (κ3) is 3.98. The van der Waals surface area contributed by atoms with Gasteiger partial charge >= 0.3 is 0 Å². The lowest BCUT2D eigenvalue weighted by atomic mass is 10.1. The number of hydrogen-bond donors (Lipinski definition) is 1. The van der Waals surface area contributed by atoms with Gasteiger partial charge in [0.1, 0.15) is 12.4 Å². The van der Waals surface area contributed by atoms with Crippen LogP contribution >= 0.6 is 0 Å². The minimum Gasteiger partial charge on any atom is -0.394 e. The van der Waals surface area contributed by atoms with Gasteiger partial charge < -0.3 is 10.6 Å². The normalized spacial score (nSPS) is 13.6. The Labute approximate surface area is 95.1 Å². The molecule has 0 fully saturated rings. The van der Waals surface area contributed by atoms with E-state index >= 15 is 0 Å². The Bertz CT molecular complexity index is 349. The molecule has 0 saturated carbocycles. The van der Waals surface area contributed by atoms with Gasteiger partial charge in [-0.2, -0.15) is 0 Å². The molecule has 0 aliphatic heterocycles. The van der Waals surface area contributed by atoms with Crippen molar-refractivity contribution in [3.63, 3.8) is 0 Å². The average Bonchev–Trinajstić information content (AvgIpc) is 2.29. The Kier molecular flexibility index (Phi) is 4.92. The van der Waals surface area contributed by atoms with Gasteiger partial charge in [-0.3, -0.25) is 0 Å². The van der Waals surface area contributed by atoms with E-state index in [4.69, 9.17) is 10.6 Å². The van der Waals surface area contributed by atoms with Crippen molar-refractivity contribution in [3.8, 4) is 0 Å². The van der Waals surface area contributed by atoms with Crippen LogP contribution in [0.5, 0.6) is 0 Å². The molecule has 3 nitrogen and oxygen atoms in total. The minimum absolute atomic E-state index is 0.00441. The van der Waals surface area contributed by atoms with Crippen molar-refractivity contribution >= 4 is 5.71 Å². The van der Waals surface area contributed by atoms with Gasteiger partial charge in [-0.15, -0.1) is 0 Å². The summed E-state index contributed by atoms with van der Waals surface area (Å²) in [5, 5.41) is 3.93. The summed E-state index contributed by atoms with van der Waals surface area (Å²) < 4.78 is 12.7. The van der Waals surface area contributed by atoms with E-state index in [1.807, 2.05) is 13.8 Å². The first kappa shape index (κ1) is 12.6. The van der Waals surface area contributed by atoms with Crippen molar-refractivity contribution < 1.29 is 9.23 Å². The van der Waals surface area contributed by atoms with Gasteiger partial charge in [-0.05, 0) is 31.0 Å². The highest BCUT2D eigenvalue weighted by Gasteiger charge is 2.00. The first-order valence-electron chi connectivity index (χ1n) is 5.31. The zero-order chi connectivity index (χ0) is 12.0. The molecule has 0 aromatic heterocycles. The molecule has 0 aliphatic carbocycles. The van der Waals surface area contributed by atoms with Crippen molar-refractivity contribution in [1.29, 1.82) is 0 Å². The van der Waals surface area contributed by atoms with Gasteiger partial charge in [-0.25, -0.2) is 4.39 Å². The Morgan fingerprint density at radius 1 is 1.44 bits per heavy atom. The minimum atomic E-state index is -0.259. The Morgan fingerprint density at radius 2 is 2.06 bits per heavy atom. The molecule has 1 aromatic rings. The van der Waals surface area contributed by atoms with Crippen LogP contribution in [-0.4, -0.2) is 18.4 Å². The summed E-state index contributed by atoms with van der Waals surface area (Å²) in [6.45, 7) is 4.20. The predicted octanol–water partition coefficient (Wildman–Crippen LogP) is 2.30. The number of oxime groups is 1. The number of rotatable bonds is 5. The lowest BCUT2D eigenvalue weighted by Gasteiger charge is -2.07. The van der Waals surface area contributed by atoms with E-state index in [9.17, 15) is 4.39 Å². The van der Waals surface area contributed by atoms with Gasteiger partial charge in [0.2, 0.25) is 0 Å². The highest BCUT2D eigenvalue weighted by Crippen LogP contribution is 2.04. The molecule has 16 heavy (non-hydrogen) atoms. The van der Waals surface area contributed by atoms with E-state index in [1.54, 1.807) is 12.1 Å². The highest BCUT2D eigenvalue weighted by atomic mass is 19.1. The predicted molar refractivity (Wildman–Crippen MR) is 62.8 cm³/mol. The standard InChI is InChI=1S/C12H17FN2O/c1-3-12(14)8-16-15-9(2)10-4-6-11(13)7-5-10/h4-7,12H,3,8,14H2,1-2H3/b15-9+. The van der Waals surface area contributed by atoms with Crippen LogP contribution < -0.4 is 5.73 Å². The van der Waals surface area contributed by atoms with E-state index in [0.717, 1.165) is 12.0 Å². The number of nitrogens with two attached hydrogens (primary N) is 1. The zero-order valence-electron chi connectivity index (χ0n) is 9.61. The van der Waals surface area contributed by atoms with E-state index < -0.39 is 0 Å². The molecule has 4 heteroatoms. The molecule has 0 aliphatic rings. The summed E-state index contributed by atoms with van der Waals surface area (Å²) in [7, 11) is 0. The molecule has 0 saturated heterocycles. The van der Waals surface area contributed by atoms with Gasteiger partial charge in [-0.1, -0.05) is 24.2 Å². The van der Waals surface area contributed by atoms with E-state index in [1.165, 1.54) is 12.1 Å². The molecule has 1 rings (SSSR count). The van der Waals surface area contributed by atoms with Gasteiger partial charge in [0, 0.05) is 6.04 Å². The molecule has 0 amide bonds. The molecule has 0 spiro atoms. The average molecular weight is 224 g/mol. The van der Waals surface area contributed by atoms with Crippen LogP contribution in [0.2, 0.25) is 0 Å². The molecule has 0 bridgehead atoms. The summed E-state index contributed by atoms with van der Waals surface area (Å²) in [5.41, 5.74) is 7.22. The van der Waals surface area contributed by atoms with Crippen LogP contribution in [0.4, 0.5) is 4.39 Å². The largest absolute Gasteiger partial charge is 0.394 e. The van der Waals surface area contributed by atoms with Crippen LogP contribution in [0.3, 0.4) is 0 Å². The number of hydrogen-bond acceptors (Lipinski definition) is 3. The van der Waals surface area contributed by atoms with Gasteiger partial charge in [0.25, 0.3) is 0 Å². The molecular weight excluding hydrogens is 207 g/mol. The summed E-state index contributed by atoms with van der Waals surface area (Å²) in [6, 6.07) is 6.12. The van der Waals surface area contributed by atoms with Crippen molar-refractivity contribution in [2.45, 2.75) is 26.3 Å². The molecule has 0 radical (unpaired) electrons. The van der Waals surface area contributed by atoms with Crippen molar-refractivity contribution in [2.75, 3.05) is 6.61 Å². The topological polar surface area (TPSA) is 47.6 Å². The van der Waals surface area contributed by atoms with Crippen LogP contribution in [0.25, 0.3) is 0 Å². The van der Waals surface area contributed by atoms with Crippen molar-refractivity contribution in [2.24, 2.45) is 10.9 Å². The smallest absolute Gasteiger partial charge is 0.132 e. The Hall–Kier alpha value is -1.42. The fourth-order valence-electron chi connectivity index (χ4n) is 1.09. The number of benzene rings is 1. The quantitative estimate of drug-likeness (QED) is 0.616. The summed E-state index contributed by atoms with van der Waals surface area (Å²) >= 11 is 0. The van der Waals surface area contributed by atoms with Crippen LogP contribution in [-0.2, 0) is 4.84 Å². The summed E-state index contributed by atoms with van der Waals surface area (Å²) in [4.78, 5) is 5.10. The second kappa shape index (κ2) is 6.23. The van der Waals surface area contributed by atoms with Crippen LogP contribution in [0, 0.1) is 5.82 Å². The fraction of sp³-hybridized carbons (Fsp3) is 0.417. The highest BCUT2D eigenvalue weighted by molar-refractivity contribution is 5.98. The molecule has 1 atom stereocenters. The van der Waals surface area contributed by atoms with E-state index in [0.29, 0.717) is 12.3 Å². The maximum atomic E-state index is 12.7. The second-order valence-electron chi connectivity index (χ2n) is 3.65. The molecule has 1 unspecified atom stereocenters. The third-order valence-corrected chi connectivity index (χ3v) is 2.28. The molecule has 88 valence electrons. The van der Waals surface area contributed by atoms with Crippen LogP contribution in [0.1, 0.15) is 25.8 Å². The zero-order valence-corrected chi connectivity index (χ0v) is 9.61. The molecule has 1 aromatic carbocycles. The molecule has 0 heterocycles. The van der Waals surface area contributed by atoms with Crippen molar-refractivity contribution in [3.05, 3.63) is 35.6 Å². The maximum Gasteiger partial charge on any atom is 0.132 e. The fourth-order valence-corrected chi connectivity index (χ4v) is 1.09. The van der Waals surface area contributed by atoms with E-state index in [-0.39, 0.29) is 11.9 Å². The SMILES string of the molecule is CCC(N)CO/N=C(\C)c1ccc(F)cc1. The monoisotopic (exact) mass is 224 g/mol. The van der Waals surface area contributed by atoms with Crippen LogP contribution in [0.15, 0.2) is 29.4 Å². The third-order valence-electron chi connectivity index (χ3n) is 2.28. The first-order chi connectivity index (χ1) is 7.63. The Balaban J connectivity index is 2.53. The van der Waals surface area contributed by atoms with Gasteiger partial charge in [0.05, 0.1) is 5.71 Å². The second-order valence-corrected chi connectivity index (χ2v) is 3.65. The van der Waals surface area contributed by atoms with Gasteiger partial charge in [0.15, 0.2) is 0 Å². The Morgan fingerprint density at radius 3 is 2.62 bits per heavy atom. The lowest BCUT2D eigenvalue weighted by Crippen LogP contribution is -2.24. The molecule has 2 N–H and O–H groups in total. The van der Waals surface area contributed by atoms with Crippen molar-refractivity contribution in [1.82, 2.24) is 0 Å².